The summed E-state index contributed by atoms with van der Waals surface area (Å²) in [4.78, 5) is 142. The molecule has 736 valence electrons. The lowest BCUT2D eigenvalue weighted by molar-refractivity contribution is -0.139. The number of anilines is 1. The topological polar surface area (TPSA) is 443 Å². The fourth-order valence-corrected chi connectivity index (χ4v) is 20.3. The summed E-state index contributed by atoms with van der Waals surface area (Å²) in [6, 6.07) is 67.5. The molecule has 17 aromatic rings. The number of likely N-dealkylation sites (N-methyl/N-ethyl adjacent to an activating group) is 2. The SMILES string of the molecule is CC1(O)CCN(C(=O)C(c2ccccc2)n2ccc3[nH][nH]c(=O)c3c2=S)CC1.CC1(O)CCN(C(=O)C(c2ccccc2)n2ccc3[nH][nH]c(=O)c3c2=S)CC1.CCN(C(=O)C(c1ccccc1)n1ccc2[nH][nH]c(=O)c2c1=S)C(C)C.CN(C(=O)C(c1ccccc1)n1ccc2[nH][nH]c(=O)c2c1=S)c1ccccc1.O=C(C(c1ccccc1)n1ccc2[nH][nH]c(=O)c2c1=S)N1CCC(O)(c2ccccn2)CC1. The maximum atomic E-state index is 13.8. The van der Waals surface area contributed by atoms with Gasteiger partial charge in [-0.1, -0.05) is 237 Å². The molecule has 0 radical (unpaired) electrons. The van der Waals surface area contributed by atoms with Gasteiger partial charge in [0.25, 0.3) is 39.6 Å². The Bertz CT molecular complexity index is 7940. The average Bonchev–Trinajstić information content (AvgIpc) is 1.47. The molecule has 20 rings (SSSR count). The van der Waals surface area contributed by atoms with Crippen LogP contribution in [0.1, 0.15) is 137 Å². The van der Waals surface area contributed by atoms with Crippen LogP contribution in [0.3, 0.4) is 0 Å². The number of hydrogen-bond acceptors (Lipinski definition) is 19. The molecule has 3 aliphatic rings. The van der Waals surface area contributed by atoms with E-state index in [1.54, 1.807) is 131 Å². The predicted molar refractivity (Wildman–Crippen MR) is 561 cm³/mol. The number of aromatic nitrogens is 16. The molecule has 3 saturated heterocycles. The molecule has 143 heavy (non-hydrogen) atoms. The number of aliphatic hydroxyl groups is 3. The van der Waals surface area contributed by atoms with Gasteiger partial charge in [-0.15, -0.1) is 0 Å². The number of benzene rings is 6. The first-order valence-corrected chi connectivity index (χ1v) is 48.7. The number of hydrogen-bond donors (Lipinski definition) is 13. The number of carbonyl (C=O) groups excluding carboxylic acids is 5. The van der Waals surface area contributed by atoms with Crippen molar-refractivity contribution in [1.29, 1.82) is 0 Å². The highest BCUT2D eigenvalue weighted by atomic mass is 32.1. The lowest BCUT2D eigenvalue weighted by Gasteiger charge is -2.39. The first-order chi connectivity index (χ1) is 68.7. The Morgan fingerprint density at radius 3 is 0.846 bits per heavy atom. The number of nitrogens with zero attached hydrogens (tertiary/aromatic N) is 11. The van der Waals surface area contributed by atoms with Gasteiger partial charge in [-0.3, -0.25) is 104 Å². The molecule has 13 N–H and O–H groups in total. The third kappa shape index (κ3) is 21.6. The third-order valence-electron chi connectivity index (χ3n) is 26.5. The van der Waals surface area contributed by atoms with Crippen LogP contribution in [0.4, 0.5) is 5.69 Å². The van der Waals surface area contributed by atoms with Gasteiger partial charge in [0.1, 0.15) is 85.9 Å². The molecule has 0 spiro atoms. The highest BCUT2D eigenvalue weighted by Gasteiger charge is 2.41. The molecular weight excluding hydrogens is 1910 g/mol. The van der Waals surface area contributed by atoms with Crippen LogP contribution in [0.5, 0.6) is 0 Å². The van der Waals surface area contributed by atoms with Crippen molar-refractivity contribution in [3.63, 3.8) is 0 Å². The van der Waals surface area contributed by atoms with Gasteiger partial charge < -0.3 is 62.7 Å². The van der Waals surface area contributed by atoms with Crippen molar-refractivity contribution in [3.8, 4) is 0 Å². The standard InChI is InChI=1S/C24H23N5O3S.C21H18N4O2S.2C20H22N4O3S.C19H22N4O2S/c30-21-19-17(26-27-21)9-13-29(23(19)33)20(16-6-2-1-3-7-16)22(31)28-14-10-24(32,11-15-28)18-8-4-5-12-25-18;1-24(15-10-6-3-7-11-15)20(27)18(14-8-4-2-5-9-14)25-13-12-16-17(21(25)28)19(26)23-22-16;2*1-20(27)8-11-23(12-9-20)18(26)16(13-5-3-2-4-6-13)24-10-7-14-15(19(24)28)17(25)22-21-14;1-4-22(12(2)3)18(25)16(13-8-6-5-7-9-13)23-11-10-14-15(19(23)26)17(24)21-20-14/h1-9,12-13,20,32H,10-11,14-15H2,(H2,26,27,30);2-13,18H,1H3,(H2,22,23,26);2*2-7,10,16,27H,8-9,11-12H2,1H3,(H2,21,22,25);5-12,16H,4H2,1-3H3,(H2,20,21,24). The third-order valence-corrected chi connectivity index (χ3v) is 28.6. The zero-order chi connectivity index (χ0) is 101. The summed E-state index contributed by atoms with van der Waals surface area (Å²) in [6.07, 6.45) is 13.3. The van der Waals surface area contributed by atoms with Crippen LogP contribution in [0.25, 0.3) is 54.5 Å². The number of amides is 5. The summed E-state index contributed by atoms with van der Waals surface area (Å²) >= 11 is 28.0. The summed E-state index contributed by atoms with van der Waals surface area (Å²) in [7, 11) is 1.73. The fraction of sp³-hybridized carbons (Fsp3) is 0.269. The van der Waals surface area contributed by atoms with Gasteiger partial charge in [0.15, 0.2) is 0 Å². The number of aromatic amines is 10. The lowest BCUT2D eigenvalue weighted by Crippen LogP contribution is -2.48. The van der Waals surface area contributed by atoms with E-state index in [9.17, 15) is 63.3 Å². The van der Waals surface area contributed by atoms with E-state index in [1.807, 2.05) is 226 Å². The van der Waals surface area contributed by atoms with Crippen molar-refractivity contribution in [2.45, 2.75) is 126 Å². The molecule has 14 heterocycles. The number of piperidine rings is 3. The summed E-state index contributed by atoms with van der Waals surface area (Å²) in [6.45, 7) is 12.8. The number of fused-ring (bicyclic) bond motifs is 5. The Kier molecular flexibility index (Phi) is 30.7. The second-order valence-corrected chi connectivity index (χ2v) is 38.1. The molecule has 39 heteroatoms. The highest BCUT2D eigenvalue weighted by Crippen LogP contribution is 2.37. The van der Waals surface area contributed by atoms with Crippen molar-refractivity contribution in [2.24, 2.45) is 0 Å². The molecular formula is C104H107N21O13S5. The molecule has 5 atom stereocenters. The fourth-order valence-electron chi connectivity index (χ4n) is 18.4. The monoisotopic (exact) mass is 2020 g/mol. The van der Waals surface area contributed by atoms with Crippen molar-refractivity contribution in [3.05, 3.63) is 376 Å². The van der Waals surface area contributed by atoms with E-state index in [0.29, 0.717) is 168 Å². The second-order valence-electron chi connectivity index (χ2n) is 36.2. The Morgan fingerprint density at radius 1 is 0.343 bits per heavy atom. The van der Waals surface area contributed by atoms with Gasteiger partial charge in [0, 0.05) is 102 Å². The Morgan fingerprint density at radius 2 is 0.587 bits per heavy atom. The van der Waals surface area contributed by atoms with Crippen LogP contribution in [-0.4, -0.2) is 213 Å². The molecule has 6 aromatic carbocycles. The number of likely N-dealkylation sites (tertiary alicyclic amines) is 3. The minimum atomic E-state index is -1.06. The normalized spacial score (nSPS) is 15.3. The van der Waals surface area contributed by atoms with E-state index in [0.717, 1.165) is 33.5 Å². The molecule has 0 bridgehead atoms. The number of rotatable bonds is 19. The van der Waals surface area contributed by atoms with Crippen LogP contribution in [0.15, 0.2) is 292 Å². The van der Waals surface area contributed by atoms with E-state index in [2.05, 4.69) is 56.0 Å². The lowest BCUT2D eigenvalue weighted by atomic mass is 9.87. The first-order valence-electron chi connectivity index (χ1n) is 46.7. The number of H-pyrrole nitrogens is 10. The zero-order valence-corrected chi connectivity index (χ0v) is 83.0. The molecule has 3 fully saturated rings. The molecule has 0 aliphatic carbocycles. The highest BCUT2D eigenvalue weighted by molar-refractivity contribution is 7.72. The molecule has 34 nitrogen and oxygen atoms in total. The minimum absolute atomic E-state index is 0.0453. The maximum absolute atomic E-state index is 13.8. The Hall–Kier alpha value is -15.1. The van der Waals surface area contributed by atoms with Crippen LogP contribution >= 0.6 is 61.1 Å². The first kappa shape index (κ1) is 101. The quantitative estimate of drug-likeness (QED) is 0.0334. The maximum Gasteiger partial charge on any atom is 0.274 e. The van der Waals surface area contributed by atoms with Crippen LogP contribution < -0.4 is 32.7 Å². The molecule has 11 aromatic heterocycles. The van der Waals surface area contributed by atoms with Crippen molar-refractivity contribution >= 4 is 151 Å². The number of pyridine rings is 6. The van der Waals surface area contributed by atoms with Gasteiger partial charge in [-0.25, -0.2) is 0 Å². The summed E-state index contributed by atoms with van der Waals surface area (Å²) < 4.78 is 10.0. The summed E-state index contributed by atoms with van der Waals surface area (Å²) in [5.74, 6) is -0.518. The Balaban J connectivity index is 0.000000129. The zero-order valence-electron chi connectivity index (χ0n) is 78.9. The van der Waals surface area contributed by atoms with Crippen LogP contribution in [0.2, 0.25) is 0 Å². The van der Waals surface area contributed by atoms with Crippen LogP contribution in [-0.2, 0) is 29.6 Å². The molecule has 0 saturated carbocycles. The van der Waals surface area contributed by atoms with E-state index in [1.165, 1.54) is 0 Å². The van der Waals surface area contributed by atoms with Gasteiger partial charge in [0.2, 0.25) is 17.7 Å². The van der Waals surface area contributed by atoms with Gasteiger partial charge in [0.05, 0.1) is 44.5 Å². The number of carbonyl (C=O) groups is 5. The summed E-state index contributed by atoms with van der Waals surface area (Å²) in [5, 5.41) is 60.1. The molecule has 5 amide bonds. The number of nitrogens with one attached hydrogen (secondary N) is 10. The second kappa shape index (κ2) is 43.6. The van der Waals surface area contributed by atoms with E-state index in [4.69, 9.17) is 61.1 Å². The smallest absolute Gasteiger partial charge is 0.274 e. The Labute approximate surface area is 842 Å². The largest absolute Gasteiger partial charge is 0.390 e. The van der Waals surface area contributed by atoms with Crippen molar-refractivity contribution in [1.82, 2.24) is 98.4 Å². The summed E-state index contributed by atoms with van der Waals surface area (Å²) in [5.41, 5.74) is 4.40. The predicted octanol–water partition coefficient (Wildman–Crippen LogP) is 14.5. The average molecular weight is 2020 g/mol. The van der Waals surface area contributed by atoms with Crippen LogP contribution in [0, 0.1) is 23.2 Å². The van der Waals surface area contributed by atoms with Crippen molar-refractivity contribution in [2.75, 3.05) is 57.8 Å². The molecule has 5 unspecified atom stereocenters. The van der Waals surface area contributed by atoms with Gasteiger partial charge in [-0.2, -0.15) is 0 Å². The van der Waals surface area contributed by atoms with E-state index >= 15 is 0 Å². The van der Waals surface area contributed by atoms with E-state index in [-0.39, 0.29) is 63.4 Å². The number of para-hydroxylation sites is 1. The van der Waals surface area contributed by atoms with Gasteiger partial charge >= 0.3 is 0 Å². The van der Waals surface area contributed by atoms with E-state index < -0.39 is 47.0 Å². The van der Waals surface area contributed by atoms with Crippen molar-refractivity contribution < 1.29 is 39.3 Å². The van der Waals surface area contributed by atoms with Gasteiger partial charge in [-0.05, 0) is 156 Å². The molecule has 3 aliphatic heterocycles. The minimum Gasteiger partial charge on any atom is -0.390 e.